The summed E-state index contributed by atoms with van der Waals surface area (Å²) in [4.78, 5) is 95.6. The second kappa shape index (κ2) is 27.1. The number of halogens is 6. The van der Waals surface area contributed by atoms with Gasteiger partial charge in [-0.2, -0.15) is 0 Å². The van der Waals surface area contributed by atoms with E-state index in [1.165, 1.54) is 31.7 Å². The van der Waals surface area contributed by atoms with Gasteiger partial charge in [0.05, 0.1) is 67.1 Å². The fraction of sp³-hybridized carbons (Fsp3) is 0.370. The molecule has 4 amide bonds. The number of rotatable bonds is 10. The van der Waals surface area contributed by atoms with E-state index in [0.29, 0.717) is 112 Å². The first-order valence-corrected chi connectivity index (χ1v) is 37.3. The molecule has 0 bridgehead atoms. The van der Waals surface area contributed by atoms with Crippen LogP contribution in [0.1, 0.15) is 51.3 Å². The third-order valence-electron chi connectivity index (χ3n) is 11.9. The van der Waals surface area contributed by atoms with Crippen molar-refractivity contribution in [1.82, 2.24) is 15.3 Å². The Hall–Kier alpha value is -3.89. The Morgan fingerprint density at radius 2 is 1.18 bits per heavy atom. The number of pyridine rings is 2. The average molecular weight is 1480 g/mol. The summed E-state index contributed by atoms with van der Waals surface area (Å²) in [6, 6.07) is 12.6. The number of Topliss-reactive ketones (excluding diaryl/α,β-unsaturated/α-hetero) is 2. The van der Waals surface area contributed by atoms with Crippen molar-refractivity contribution < 1.29 is 70.8 Å². The van der Waals surface area contributed by atoms with E-state index >= 15 is 0 Å². The maximum atomic E-state index is 14.4. The van der Waals surface area contributed by atoms with Crippen molar-refractivity contribution in [2.24, 2.45) is 5.73 Å². The van der Waals surface area contributed by atoms with Gasteiger partial charge < -0.3 is 39.8 Å². The molecule has 4 aromatic rings. The van der Waals surface area contributed by atoms with Crippen molar-refractivity contribution in [2.75, 3.05) is 73.1 Å². The molecule has 0 saturated carbocycles. The van der Waals surface area contributed by atoms with Crippen molar-refractivity contribution in [2.45, 2.75) is 57.3 Å². The van der Waals surface area contributed by atoms with Gasteiger partial charge >= 0.3 is 61.6 Å². The molecule has 2 aromatic heterocycles. The number of nitrogens with two attached hydrogens (primary N) is 1. The van der Waals surface area contributed by atoms with Gasteiger partial charge in [0.1, 0.15) is 60.2 Å². The molecule has 72 heavy (non-hydrogen) atoms. The van der Waals surface area contributed by atoms with Crippen molar-refractivity contribution in [3.63, 3.8) is 0 Å². The summed E-state index contributed by atoms with van der Waals surface area (Å²) in [6.45, 7) is 2.09. The fourth-order valence-electron chi connectivity index (χ4n) is 8.42. The van der Waals surface area contributed by atoms with Crippen LogP contribution >= 0.6 is 77.2 Å². The molecule has 2 aromatic carbocycles. The number of ether oxygens (including phenoxy) is 4. The SMILES string of the molecule is CN1C(=O)Cc2ccc(F)c(C=O)c21.CN1C(=O)Cc2ccc(F)c(CNCCC3CN(c4ccc5c(n4)CC(=O)CO5)C(=O)O3)c21.II.NCCC1CN(c2ccc3c(n2)CC(=O)CO3)C(=O)O1.[I][V][I]. The van der Waals surface area contributed by atoms with E-state index in [-0.39, 0.29) is 92.4 Å². The zero-order valence-corrected chi connectivity index (χ0v) is 48.5. The molecule has 6 aliphatic rings. The van der Waals surface area contributed by atoms with Crippen LogP contribution in [-0.2, 0) is 70.3 Å². The van der Waals surface area contributed by atoms with E-state index in [4.69, 9.17) is 24.7 Å². The summed E-state index contributed by atoms with van der Waals surface area (Å²) in [5, 5.41) is 3.19. The number of likely N-dealkylation sites (N-methyl/N-ethyl adjacent to an activating group) is 2. The van der Waals surface area contributed by atoms with Gasteiger partial charge in [-0.1, -0.05) is 12.1 Å². The van der Waals surface area contributed by atoms with Gasteiger partial charge in [0.25, 0.3) is 0 Å². The molecule has 2 fully saturated rings. The first kappa shape index (κ1) is 57.4. The molecule has 2 saturated heterocycles. The second-order valence-corrected chi connectivity index (χ2v) is 28.2. The Morgan fingerprint density at radius 1 is 0.708 bits per heavy atom. The van der Waals surface area contributed by atoms with Crippen LogP contribution in [0, 0.1) is 11.6 Å². The van der Waals surface area contributed by atoms with Crippen molar-refractivity contribution in [3.8, 4) is 11.5 Å². The van der Waals surface area contributed by atoms with Gasteiger partial charge in [0.15, 0.2) is 17.9 Å². The van der Waals surface area contributed by atoms with E-state index in [1.807, 2.05) is 0 Å². The van der Waals surface area contributed by atoms with Gasteiger partial charge in [-0.3, -0.25) is 33.8 Å². The number of fused-ring (bicyclic) bond motifs is 4. The summed E-state index contributed by atoms with van der Waals surface area (Å²) >= 11 is 8.98. The quantitative estimate of drug-likeness (QED) is 0.0955. The molecule has 10 rings (SSSR count). The van der Waals surface area contributed by atoms with Crippen LogP contribution in [0.3, 0.4) is 0 Å². The molecule has 0 spiro atoms. The summed E-state index contributed by atoms with van der Waals surface area (Å²) < 4.78 is 48.9. The molecule has 0 radical (unpaired) electrons. The minimum absolute atomic E-state index is 0.0212. The van der Waals surface area contributed by atoms with Crippen LogP contribution in [0.15, 0.2) is 48.5 Å². The third-order valence-corrected chi connectivity index (χ3v) is 11.9. The fourth-order valence-corrected chi connectivity index (χ4v) is 8.42. The van der Waals surface area contributed by atoms with E-state index in [0.717, 1.165) is 5.56 Å². The standard InChI is InChI=1S/C23H23FN4O5.C13H15N3O4.C10H8FNO2.I2.2HI.V/c1-27-21(30)8-13-2-3-17(24)16(22(13)27)10-25-7-6-15-11-28(23(31)33-15)20-5-4-19-18(26-20)9-14(29)12-32-19;14-4-3-9-6-16(13(18)20-9)12-2-1-11-10(15-12)5-8(17)7-19-11;1-12-9(14)4-6-2-3-8(11)7(5-13)10(6)12;1-2;;;/h2-5,15,25H,6-12H2,1H3;1-2,9H,3-7,14H2;2-3,5H,4H2,1H3;;2*1H;/q;;;;;;+2/p-2. The number of nitrogens with one attached hydrogen (secondary N) is 1. The normalized spacial score (nSPS) is 18.0. The number of benzene rings is 2. The molecular formula is C46H46F2I4N8O11V. The molecule has 2 unspecified atom stereocenters. The first-order valence-electron chi connectivity index (χ1n) is 22.0. The number of ketones is 2. The second-order valence-electron chi connectivity index (χ2n) is 16.5. The van der Waals surface area contributed by atoms with Gasteiger partial charge in [-0.15, -0.1) is 0 Å². The number of aldehydes is 1. The van der Waals surface area contributed by atoms with E-state index in [9.17, 15) is 42.3 Å². The third kappa shape index (κ3) is 13.9. The minimum atomic E-state index is -0.583. The van der Waals surface area contributed by atoms with Gasteiger partial charge in [0, 0.05) is 63.4 Å². The van der Waals surface area contributed by atoms with E-state index in [1.54, 1.807) is 50.5 Å². The molecule has 2 atom stereocenters. The molecule has 19 nitrogen and oxygen atoms in total. The number of carbonyl (C=O) groups excluding carboxylic acids is 7. The predicted molar refractivity (Wildman–Crippen MR) is 291 cm³/mol. The number of anilines is 4. The number of nitrogens with zero attached hydrogens (tertiary/aromatic N) is 6. The van der Waals surface area contributed by atoms with Gasteiger partial charge in [-0.05, 0) is 73.5 Å². The number of aromatic nitrogens is 2. The zero-order valence-electron chi connectivity index (χ0n) is 38.5. The number of cyclic esters (lactones) is 2. The Labute approximate surface area is 464 Å². The Morgan fingerprint density at radius 3 is 1.68 bits per heavy atom. The first-order chi connectivity index (χ1) is 34.6. The van der Waals surface area contributed by atoms with Crippen molar-refractivity contribution >= 4 is 142 Å². The zero-order chi connectivity index (χ0) is 52.2. The number of carbonyl (C=O) groups is 7. The van der Waals surface area contributed by atoms with Crippen LogP contribution in [0.4, 0.5) is 41.4 Å². The van der Waals surface area contributed by atoms with Crippen LogP contribution < -0.4 is 40.1 Å². The summed E-state index contributed by atoms with van der Waals surface area (Å²) in [7, 11) is 3.82. The monoisotopic (exact) mass is 1480 g/mol. The molecule has 0 aliphatic carbocycles. The van der Waals surface area contributed by atoms with Crippen molar-refractivity contribution in [1.29, 1.82) is 0 Å². The topological polar surface area (TPSA) is 233 Å². The molecule has 383 valence electrons. The summed E-state index contributed by atoms with van der Waals surface area (Å²) in [5.41, 5.74) is 9.55. The average Bonchev–Trinajstić information content (AvgIpc) is 4.10. The molecule has 26 heteroatoms. The van der Waals surface area contributed by atoms with Gasteiger partial charge in [0.2, 0.25) is 11.8 Å². The van der Waals surface area contributed by atoms with Crippen LogP contribution in [0.5, 0.6) is 11.5 Å². The molecule has 3 N–H and O–H groups in total. The van der Waals surface area contributed by atoms with Crippen LogP contribution in [0.25, 0.3) is 0 Å². The van der Waals surface area contributed by atoms with Crippen molar-refractivity contribution in [3.05, 3.63) is 93.8 Å². The molecular weight excluding hydrogens is 1440 g/mol. The Balaban J connectivity index is 0.000000184. The van der Waals surface area contributed by atoms with Crippen LogP contribution in [-0.4, -0.2) is 118 Å². The van der Waals surface area contributed by atoms with Crippen LogP contribution in [0.2, 0.25) is 0 Å². The molecule has 8 heterocycles. The number of hydrogen-bond donors (Lipinski definition) is 2. The number of amides is 4. The molecule has 6 aliphatic heterocycles. The predicted octanol–water partition coefficient (Wildman–Crippen LogP) is 6.71. The maximum absolute atomic E-state index is 14.4. The Bertz CT molecular complexity index is 2730. The summed E-state index contributed by atoms with van der Waals surface area (Å²) in [5.74, 6) is 0.854. The summed E-state index contributed by atoms with van der Waals surface area (Å²) in [6.07, 6.45) is 1.05. The van der Waals surface area contributed by atoms with E-state index < -0.39 is 18.0 Å². The van der Waals surface area contributed by atoms with E-state index in [2.05, 4.69) is 92.5 Å². The number of hydrogen-bond acceptors (Lipinski definition) is 15. The van der Waals surface area contributed by atoms with Gasteiger partial charge in [-0.25, -0.2) is 28.3 Å². The Kier molecular flexibility index (Phi) is 21.6.